The lowest BCUT2D eigenvalue weighted by molar-refractivity contribution is -0.389. The highest BCUT2D eigenvalue weighted by molar-refractivity contribution is 5.64. The van der Waals surface area contributed by atoms with E-state index in [1.807, 2.05) is 0 Å². The maximum absolute atomic E-state index is 14.5. The van der Waals surface area contributed by atoms with E-state index < -0.39 is 23.2 Å². The molecule has 1 aromatic heterocycles. The highest BCUT2D eigenvalue weighted by atomic mass is 19.4. The van der Waals surface area contributed by atoms with Gasteiger partial charge in [0.05, 0.1) is 13.2 Å². The predicted octanol–water partition coefficient (Wildman–Crippen LogP) is 4.47. The molecule has 0 radical (unpaired) electrons. The Labute approximate surface area is 178 Å². The summed E-state index contributed by atoms with van der Waals surface area (Å²) in [4.78, 5) is 13.9. The van der Waals surface area contributed by atoms with Gasteiger partial charge in [0.1, 0.15) is 30.5 Å². The van der Waals surface area contributed by atoms with Gasteiger partial charge in [-0.25, -0.2) is 4.39 Å². The van der Waals surface area contributed by atoms with Crippen molar-refractivity contribution in [2.45, 2.75) is 25.6 Å². The highest BCUT2D eigenvalue weighted by Crippen LogP contribution is 2.28. The summed E-state index contributed by atoms with van der Waals surface area (Å²) in [6.45, 7) is 0.313. The van der Waals surface area contributed by atoms with Crippen LogP contribution >= 0.6 is 0 Å². The van der Waals surface area contributed by atoms with Gasteiger partial charge < -0.3 is 24.3 Å². The average Bonchev–Trinajstić information content (AvgIpc) is 3.16. The number of nitrogens with zero attached hydrogens (tertiary/aromatic N) is 3. The summed E-state index contributed by atoms with van der Waals surface area (Å²) in [7, 11) is 0. The third-order valence-corrected chi connectivity index (χ3v) is 4.66. The normalized spacial score (nSPS) is 15.7. The van der Waals surface area contributed by atoms with Crippen LogP contribution in [-0.4, -0.2) is 33.5 Å². The molecule has 0 bridgehead atoms. The van der Waals surface area contributed by atoms with E-state index in [1.54, 1.807) is 6.07 Å². The zero-order chi connectivity index (χ0) is 22.9. The van der Waals surface area contributed by atoms with Crippen molar-refractivity contribution >= 4 is 5.82 Å². The molecule has 2 aromatic carbocycles. The summed E-state index contributed by atoms with van der Waals surface area (Å²) in [5.74, 6) is -1.25. The Hall–Kier alpha value is -3.67. The van der Waals surface area contributed by atoms with Crippen molar-refractivity contribution in [2.24, 2.45) is 0 Å². The summed E-state index contributed by atoms with van der Waals surface area (Å²) in [6, 6.07) is 9.61. The molecule has 4 rings (SSSR count). The van der Waals surface area contributed by atoms with Gasteiger partial charge in [-0.2, -0.15) is 0 Å². The number of halogens is 4. The zero-order valence-electron chi connectivity index (χ0n) is 16.2. The number of rotatable bonds is 6. The molecule has 0 saturated carbocycles. The second-order valence-electron chi connectivity index (χ2n) is 6.91. The largest absolute Gasteiger partial charge is 0.573 e. The number of nitro groups is 1. The summed E-state index contributed by atoms with van der Waals surface area (Å²) in [5, 5.41) is 10.8. The van der Waals surface area contributed by atoms with Crippen molar-refractivity contribution in [3.8, 4) is 22.9 Å². The molecule has 8 nitrogen and oxygen atoms in total. The Morgan fingerprint density at radius 3 is 2.56 bits per heavy atom. The second-order valence-corrected chi connectivity index (χ2v) is 6.91. The minimum absolute atomic E-state index is 0.0649. The molecular formula is C20H15F4N3O5. The van der Waals surface area contributed by atoms with Crippen LogP contribution in [0.4, 0.5) is 23.4 Å². The standard InChI is InChI=1S/C20H15F4N3O5/c21-17-7-13(12-3-5-15(6-4-12)32-20(22,23)24)1-2-14(17)10-30-16-8-26-9-18(27(28)29)25-19(26)31-11-16/h1-7,9,16H,8,10-11H2/t16-/m0/s1. The third kappa shape index (κ3) is 4.97. The monoisotopic (exact) mass is 453 g/mol. The molecule has 1 aliphatic rings. The molecular weight excluding hydrogens is 438 g/mol. The molecule has 0 fully saturated rings. The lowest BCUT2D eigenvalue weighted by Crippen LogP contribution is -2.32. The zero-order valence-corrected chi connectivity index (χ0v) is 16.2. The molecule has 32 heavy (non-hydrogen) atoms. The minimum atomic E-state index is -4.78. The number of imidazole rings is 1. The Kier molecular flexibility index (Phi) is 5.70. The van der Waals surface area contributed by atoms with Crippen molar-refractivity contribution in [3.05, 3.63) is 70.2 Å². The topological polar surface area (TPSA) is 88.7 Å². The maximum Gasteiger partial charge on any atom is 0.573 e. The SMILES string of the molecule is O=[N+]([O-])c1cn2c(n1)OC[C@@H](OCc1ccc(-c3ccc(OC(F)(F)F)cc3)cc1F)C2. The van der Waals surface area contributed by atoms with Gasteiger partial charge in [-0.3, -0.25) is 4.57 Å². The van der Waals surface area contributed by atoms with Gasteiger partial charge in [-0.05, 0) is 34.2 Å². The lowest BCUT2D eigenvalue weighted by Gasteiger charge is -2.22. The van der Waals surface area contributed by atoms with Crippen LogP contribution in [0.2, 0.25) is 0 Å². The molecule has 168 valence electrons. The molecule has 0 aliphatic carbocycles. The quantitative estimate of drug-likeness (QED) is 0.311. The average molecular weight is 453 g/mol. The molecule has 0 unspecified atom stereocenters. The van der Waals surface area contributed by atoms with Crippen LogP contribution in [0.15, 0.2) is 48.7 Å². The Morgan fingerprint density at radius 1 is 1.19 bits per heavy atom. The third-order valence-electron chi connectivity index (χ3n) is 4.66. The van der Waals surface area contributed by atoms with E-state index >= 15 is 0 Å². The van der Waals surface area contributed by atoms with Crippen LogP contribution in [0.5, 0.6) is 11.8 Å². The van der Waals surface area contributed by atoms with Crippen molar-refractivity contribution < 1.29 is 36.7 Å². The summed E-state index contributed by atoms with van der Waals surface area (Å²) >= 11 is 0. The fourth-order valence-electron chi connectivity index (χ4n) is 3.16. The molecule has 2 heterocycles. The molecule has 0 N–H and O–H groups in total. The summed E-state index contributed by atoms with van der Waals surface area (Å²) in [6.07, 6.45) is -4.01. The number of ether oxygens (including phenoxy) is 3. The minimum Gasteiger partial charge on any atom is -0.443 e. The fraction of sp³-hybridized carbons (Fsp3) is 0.250. The Bertz CT molecular complexity index is 1130. The highest BCUT2D eigenvalue weighted by Gasteiger charge is 2.31. The van der Waals surface area contributed by atoms with Crippen LogP contribution in [0.25, 0.3) is 11.1 Å². The predicted molar refractivity (Wildman–Crippen MR) is 101 cm³/mol. The van der Waals surface area contributed by atoms with E-state index in [4.69, 9.17) is 9.47 Å². The van der Waals surface area contributed by atoms with Crippen LogP contribution in [0.1, 0.15) is 5.56 Å². The number of hydrogen-bond acceptors (Lipinski definition) is 6. The Balaban J connectivity index is 1.38. The molecule has 0 amide bonds. The van der Waals surface area contributed by atoms with Gasteiger partial charge in [0.25, 0.3) is 0 Å². The van der Waals surface area contributed by atoms with Gasteiger partial charge in [-0.15, -0.1) is 13.2 Å². The van der Waals surface area contributed by atoms with Crippen LogP contribution in [0.3, 0.4) is 0 Å². The van der Waals surface area contributed by atoms with Gasteiger partial charge in [0.2, 0.25) is 0 Å². The second kappa shape index (κ2) is 8.46. The number of benzene rings is 2. The van der Waals surface area contributed by atoms with E-state index in [2.05, 4.69) is 9.72 Å². The van der Waals surface area contributed by atoms with Crippen molar-refractivity contribution in [1.29, 1.82) is 0 Å². The molecule has 3 aromatic rings. The number of aromatic nitrogens is 2. The molecule has 1 aliphatic heterocycles. The molecule has 12 heteroatoms. The molecule has 0 saturated heterocycles. The summed E-state index contributed by atoms with van der Waals surface area (Å²) < 4.78 is 67.6. The smallest absolute Gasteiger partial charge is 0.443 e. The van der Waals surface area contributed by atoms with Crippen molar-refractivity contribution in [3.63, 3.8) is 0 Å². The van der Waals surface area contributed by atoms with Gasteiger partial charge in [0.15, 0.2) is 0 Å². The van der Waals surface area contributed by atoms with E-state index in [-0.39, 0.29) is 42.9 Å². The lowest BCUT2D eigenvalue weighted by atomic mass is 10.0. The first-order chi connectivity index (χ1) is 15.2. The van der Waals surface area contributed by atoms with Crippen LogP contribution < -0.4 is 9.47 Å². The van der Waals surface area contributed by atoms with Gasteiger partial charge in [-0.1, -0.05) is 24.3 Å². The first kappa shape index (κ1) is 21.6. The molecule has 1 atom stereocenters. The first-order valence-corrected chi connectivity index (χ1v) is 9.28. The van der Waals surface area contributed by atoms with Gasteiger partial charge >= 0.3 is 18.2 Å². The van der Waals surface area contributed by atoms with E-state index in [0.29, 0.717) is 11.1 Å². The van der Waals surface area contributed by atoms with E-state index in [9.17, 15) is 27.7 Å². The van der Waals surface area contributed by atoms with Crippen LogP contribution in [0, 0.1) is 15.9 Å². The van der Waals surface area contributed by atoms with E-state index in [0.717, 1.165) is 12.1 Å². The first-order valence-electron chi connectivity index (χ1n) is 9.28. The van der Waals surface area contributed by atoms with Gasteiger partial charge in [0, 0.05) is 10.5 Å². The maximum atomic E-state index is 14.5. The molecule has 0 spiro atoms. The summed E-state index contributed by atoms with van der Waals surface area (Å²) in [5.41, 5.74) is 1.26. The Morgan fingerprint density at radius 2 is 1.91 bits per heavy atom. The van der Waals surface area contributed by atoms with Crippen molar-refractivity contribution in [2.75, 3.05) is 6.61 Å². The van der Waals surface area contributed by atoms with Crippen molar-refractivity contribution in [1.82, 2.24) is 9.55 Å². The number of fused-ring (bicyclic) bond motifs is 1. The number of hydrogen-bond donors (Lipinski definition) is 0. The fourth-order valence-corrected chi connectivity index (χ4v) is 3.16. The van der Waals surface area contributed by atoms with E-state index in [1.165, 1.54) is 35.0 Å². The van der Waals surface area contributed by atoms with Crippen LogP contribution in [-0.2, 0) is 17.9 Å². The number of alkyl halides is 3.